The Kier molecular flexibility index (Phi) is 6.41. The molecule has 0 aromatic heterocycles. The summed E-state index contributed by atoms with van der Waals surface area (Å²) in [6.45, 7) is 0.711. The standard InChI is InChI=1S/C18H19F3N2O2/c1-25-14-8-6-13(7-9-14)10-11-22-12-17(24)23-16-5-3-2-4-15(16)18(19,20)21/h2-9,22H,10-12H2,1H3,(H,23,24)/p+1. The van der Waals surface area contributed by atoms with E-state index in [9.17, 15) is 18.0 Å². The molecule has 25 heavy (non-hydrogen) atoms. The largest absolute Gasteiger partial charge is 0.497 e. The van der Waals surface area contributed by atoms with Gasteiger partial charge in [-0.15, -0.1) is 0 Å². The summed E-state index contributed by atoms with van der Waals surface area (Å²) >= 11 is 0. The quantitative estimate of drug-likeness (QED) is 0.752. The molecule has 0 bridgehead atoms. The molecule has 0 saturated carbocycles. The van der Waals surface area contributed by atoms with Gasteiger partial charge in [0.1, 0.15) is 5.75 Å². The molecule has 0 spiro atoms. The Morgan fingerprint density at radius 3 is 2.44 bits per heavy atom. The number of anilines is 1. The van der Waals surface area contributed by atoms with Crippen LogP contribution in [0.4, 0.5) is 18.9 Å². The summed E-state index contributed by atoms with van der Waals surface area (Å²) in [5.41, 5.74) is 0.0324. The Balaban J connectivity index is 1.79. The first-order valence-corrected chi connectivity index (χ1v) is 7.81. The average Bonchev–Trinajstić information content (AvgIpc) is 2.59. The van der Waals surface area contributed by atoms with Gasteiger partial charge in [-0.25, -0.2) is 0 Å². The predicted octanol–water partition coefficient (Wildman–Crippen LogP) is 2.46. The van der Waals surface area contributed by atoms with Crippen molar-refractivity contribution in [3.05, 3.63) is 59.7 Å². The van der Waals surface area contributed by atoms with Crippen molar-refractivity contribution in [2.45, 2.75) is 12.6 Å². The number of carbonyl (C=O) groups is 1. The highest BCUT2D eigenvalue weighted by atomic mass is 19.4. The molecule has 1 amide bonds. The van der Waals surface area contributed by atoms with Crippen LogP contribution in [0.3, 0.4) is 0 Å². The summed E-state index contributed by atoms with van der Waals surface area (Å²) in [4.78, 5) is 11.9. The lowest BCUT2D eigenvalue weighted by molar-refractivity contribution is -0.643. The van der Waals surface area contributed by atoms with Crippen molar-refractivity contribution in [3.63, 3.8) is 0 Å². The van der Waals surface area contributed by atoms with Gasteiger partial charge >= 0.3 is 6.18 Å². The molecular weight excluding hydrogens is 333 g/mol. The van der Waals surface area contributed by atoms with Crippen LogP contribution in [0.5, 0.6) is 5.75 Å². The highest BCUT2D eigenvalue weighted by Crippen LogP contribution is 2.34. The fraction of sp³-hybridized carbons (Fsp3) is 0.278. The molecule has 2 aromatic carbocycles. The number of rotatable bonds is 7. The van der Waals surface area contributed by atoms with E-state index in [1.54, 1.807) is 12.4 Å². The lowest BCUT2D eigenvalue weighted by atomic mass is 10.1. The van der Waals surface area contributed by atoms with Crippen LogP contribution in [-0.2, 0) is 17.4 Å². The average molecular weight is 353 g/mol. The molecule has 0 saturated heterocycles. The number of para-hydroxylation sites is 1. The van der Waals surface area contributed by atoms with Crippen molar-refractivity contribution in [3.8, 4) is 5.75 Å². The van der Waals surface area contributed by atoms with Gasteiger partial charge in [0.05, 0.1) is 24.9 Å². The smallest absolute Gasteiger partial charge is 0.418 e. The van der Waals surface area contributed by atoms with E-state index in [0.29, 0.717) is 6.54 Å². The monoisotopic (exact) mass is 353 g/mol. The van der Waals surface area contributed by atoms with Crippen molar-refractivity contribution in [1.29, 1.82) is 0 Å². The SMILES string of the molecule is COc1ccc(CC[NH2+]CC(=O)Nc2ccccc2C(F)(F)F)cc1. The maximum Gasteiger partial charge on any atom is 0.418 e. The summed E-state index contributed by atoms with van der Waals surface area (Å²) in [6, 6.07) is 12.5. The molecular formula is C18H20F3N2O2+. The number of benzene rings is 2. The van der Waals surface area contributed by atoms with Gasteiger partial charge in [0.25, 0.3) is 5.91 Å². The van der Waals surface area contributed by atoms with Crippen molar-refractivity contribution in [2.24, 2.45) is 0 Å². The van der Waals surface area contributed by atoms with Crippen LogP contribution in [0.15, 0.2) is 48.5 Å². The third-order valence-electron chi connectivity index (χ3n) is 3.63. The Hall–Kier alpha value is -2.54. The van der Waals surface area contributed by atoms with Gasteiger partial charge in [-0.2, -0.15) is 13.2 Å². The first-order valence-electron chi connectivity index (χ1n) is 7.81. The molecule has 7 heteroatoms. The fourth-order valence-electron chi connectivity index (χ4n) is 2.33. The molecule has 2 rings (SSSR count). The third-order valence-corrected chi connectivity index (χ3v) is 3.63. The summed E-state index contributed by atoms with van der Waals surface area (Å²) in [5.74, 6) is 0.307. The van der Waals surface area contributed by atoms with Gasteiger partial charge in [-0.3, -0.25) is 4.79 Å². The van der Waals surface area contributed by atoms with Crippen molar-refractivity contribution in [2.75, 3.05) is 25.5 Å². The van der Waals surface area contributed by atoms with E-state index in [1.807, 2.05) is 24.3 Å². The van der Waals surface area contributed by atoms with Crippen molar-refractivity contribution >= 4 is 11.6 Å². The number of hydrogen-bond acceptors (Lipinski definition) is 2. The predicted molar refractivity (Wildman–Crippen MR) is 88.4 cm³/mol. The summed E-state index contributed by atoms with van der Waals surface area (Å²) < 4.78 is 43.7. The van der Waals surface area contributed by atoms with Crippen LogP contribution in [0.25, 0.3) is 0 Å². The number of nitrogens with one attached hydrogen (secondary N) is 1. The Morgan fingerprint density at radius 2 is 1.80 bits per heavy atom. The van der Waals surface area contributed by atoms with E-state index >= 15 is 0 Å². The van der Waals surface area contributed by atoms with E-state index in [4.69, 9.17) is 4.74 Å². The number of amides is 1. The molecule has 0 aliphatic carbocycles. The minimum atomic E-state index is -4.50. The number of ether oxygens (including phenoxy) is 1. The minimum absolute atomic E-state index is 0.0579. The lowest BCUT2D eigenvalue weighted by Crippen LogP contribution is -2.86. The second-order valence-electron chi connectivity index (χ2n) is 5.47. The maximum atomic E-state index is 12.9. The number of quaternary nitrogens is 1. The number of carbonyl (C=O) groups excluding carboxylic acids is 1. The maximum absolute atomic E-state index is 12.9. The zero-order chi connectivity index (χ0) is 18.3. The Labute approximate surface area is 144 Å². The van der Waals surface area contributed by atoms with Crippen molar-refractivity contribution in [1.82, 2.24) is 0 Å². The zero-order valence-electron chi connectivity index (χ0n) is 13.8. The number of methoxy groups -OCH3 is 1. The molecule has 0 aliphatic rings. The first-order chi connectivity index (χ1) is 11.9. The van der Waals surface area contributed by atoms with Gasteiger partial charge in [0.2, 0.25) is 0 Å². The second-order valence-corrected chi connectivity index (χ2v) is 5.47. The number of nitrogens with two attached hydrogens (primary N) is 1. The molecule has 0 fully saturated rings. The van der Waals surface area contributed by atoms with Crippen LogP contribution >= 0.6 is 0 Å². The number of alkyl halides is 3. The Morgan fingerprint density at radius 1 is 1.12 bits per heavy atom. The highest BCUT2D eigenvalue weighted by Gasteiger charge is 2.33. The summed E-state index contributed by atoms with van der Waals surface area (Å²) in [6.07, 6.45) is -3.75. The first kappa shape index (κ1) is 18.8. The normalized spacial score (nSPS) is 11.2. The second kappa shape index (κ2) is 8.53. The van der Waals surface area contributed by atoms with E-state index in [1.165, 1.54) is 18.2 Å². The summed E-state index contributed by atoms with van der Waals surface area (Å²) in [5, 5.41) is 4.08. The molecule has 0 radical (unpaired) electrons. The van der Waals surface area contributed by atoms with E-state index < -0.39 is 17.6 Å². The van der Waals surface area contributed by atoms with E-state index in [2.05, 4.69) is 5.32 Å². The molecule has 0 unspecified atom stereocenters. The van der Waals surface area contributed by atoms with Crippen LogP contribution in [-0.4, -0.2) is 26.1 Å². The van der Waals surface area contributed by atoms with Gasteiger partial charge in [0, 0.05) is 6.42 Å². The van der Waals surface area contributed by atoms with Gasteiger partial charge in [-0.1, -0.05) is 24.3 Å². The van der Waals surface area contributed by atoms with Gasteiger partial charge in [0.15, 0.2) is 6.54 Å². The third kappa shape index (κ3) is 5.79. The van der Waals surface area contributed by atoms with E-state index in [0.717, 1.165) is 23.8 Å². The molecule has 134 valence electrons. The highest BCUT2D eigenvalue weighted by molar-refractivity contribution is 5.92. The summed E-state index contributed by atoms with van der Waals surface area (Å²) in [7, 11) is 1.60. The molecule has 2 aromatic rings. The zero-order valence-corrected chi connectivity index (χ0v) is 13.8. The minimum Gasteiger partial charge on any atom is -0.497 e. The molecule has 0 heterocycles. The topological polar surface area (TPSA) is 54.9 Å². The van der Waals surface area contributed by atoms with Crippen LogP contribution in [0.1, 0.15) is 11.1 Å². The fourth-order valence-corrected chi connectivity index (χ4v) is 2.33. The molecule has 0 atom stereocenters. The molecule has 3 N–H and O–H groups in total. The van der Waals surface area contributed by atoms with Gasteiger partial charge in [-0.05, 0) is 29.8 Å². The van der Waals surface area contributed by atoms with Gasteiger partial charge < -0.3 is 15.4 Å². The van der Waals surface area contributed by atoms with Crippen LogP contribution in [0.2, 0.25) is 0 Å². The number of hydrogen-bond donors (Lipinski definition) is 2. The van der Waals surface area contributed by atoms with E-state index in [-0.39, 0.29) is 12.2 Å². The molecule has 0 aliphatic heterocycles. The van der Waals surface area contributed by atoms with Crippen molar-refractivity contribution < 1.29 is 28.0 Å². The van der Waals surface area contributed by atoms with Crippen LogP contribution in [0, 0.1) is 0 Å². The Bertz CT molecular complexity index is 700. The van der Waals surface area contributed by atoms with Crippen LogP contribution < -0.4 is 15.4 Å². The molecule has 4 nitrogen and oxygen atoms in total. The number of halogens is 3. The lowest BCUT2D eigenvalue weighted by Gasteiger charge is -2.13.